The second kappa shape index (κ2) is 8.26. The van der Waals surface area contributed by atoms with Gasteiger partial charge in [-0.25, -0.2) is 4.79 Å². The van der Waals surface area contributed by atoms with Gasteiger partial charge in [0.2, 0.25) is 0 Å². The van der Waals surface area contributed by atoms with Crippen LogP contribution in [0, 0.1) is 5.92 Å². The maximum Gasteiger partial charge on any atom is 0.325 e. The Morgan fingerprint density at radius 1 is 1.19 bits per heavy atom. The van der Waals surface area contributed by atoms with E-state index >= 15 is 0 Å². The SMILES string of the molecule is CCC1(C)CC2(NC(=O)N(CC(OC(C)=O)c3ccccc3)C2=O)C(C)C(C)(CC)N1. The first-order valence-corrected chi connectivity index (χ1v) is 11.2. The van der Waals surface area contributed by atoms with Gasteiger partial charge >= 0.3 is 12.0 Å². The van der Waals surface area contributed by atoms with Crippen LogP contribution in [0.3, 0.4) is 0 Å². The van der Waals surface area contributed by atoms with Gasteiger partial charge in [-0.1, -0.05) is 51.1 Å². The minimum Gasteiger partial charge on any atom is -0.456 e. The minimum atomic E-state index is -0.991. The molecule has 2 saturated heterocycles. The summed E-state index contributed by atoms with van der Waals surface area (Å²) in [5, 5.41) is 6.82. The molecule has 5 atom stereocenters. The van der Waals surface area contributed by atoms with E-state index in [9.17, 15) is 14.4 Å². The van der Waals surface area contributed by atoms with Crippen molar-refractivity contribution in [2.45, 2.75) is 83.5 Å². The summed E-state index contributed by atoms with van der Waals surface area (Å²) in [4.78, 5) is 39.9. The number of nitrogens with zero attached hydrogens (tertiary/aromatic N) is 1. The third kappa shape index (κ3) is 4.07. The van der Waals surface area contributed by atoms with Crippen LogP contribution in [0.15, 0.2) is 30.3 Å². The second-order valence-electron chi connectivity index (χ2n) is 9.53. The highest BCUT2D eigenvalue weighted by molar-refractivity contribution is 6.07. The predicted molar refractivity (Wildman–Crippen MR) is 118 cm³/mol. The zero-order chi connectivity index (χ0) is 23.0. The van der Waals surface area contributed by atoms with Gasteiger partial charge in [-0.2, -0.15) is 0 Å². The van der Waals surface area contributed by atoms with Crippen LogP contribution in [-0.4, -0.2) is 46.0 Å². The molecule has 170 valence electrons. The molecule has 1 spiro atoms. The molecule has 3 amide bonds. The summed E-state index contributed by atoms with van der Waals surface area (Å²) in [6.45, 7) is 11.8. The Bertz CT molecular complexity index is 860. The molecule has 0 radical (unpaired) electrons. The van der Waals surface area contributed by atoms with Gasteiger partial charge in [-0.3, -0.25) is 14.5 Å². The van der Waals surface area contributed by atoms with Crippen molar-refractivity contribution in [3.05, 3.63) is 35.9 Å². The highest BCUT2D eigenvalue weighted by Gasteiger charge is 2.63. The van der Waals surface area contributed by atoms with Crippen molar-refractivity contribution in [1.29, 1.82) is 0 Å². The van der Waals surface area contributed by atoms with E-state index in [4.69, 9.17) is 4.74 Å². The number of hydrogen-bond acceptors (Lipinski definition) is 5. The Labute approximate surface area is 184 Å². The normalized spacial score (nSPS) is 34.0. The monoisotopic (exact) mass is 429 g/mol. The standard InChI is InChI=1S/C24H35N3O4/c1-7-22(5)15-24(16(3)23(6,8-2)26-22)20(29)27(21(30)25-24)14-19(31-17(4)28)18-12-10-9-11-13-18/h9-13,16,19,26H,7-8,14-15H2,1-6H3,(H,25,30). The fraction of sp³-hybridized carbons (Fsp3) is 0.625. The van der Waals surface area contributed by atoms with Gasteiger partial charge in [-0.05, 0) is 38.7 Å². The van der Waals surface area contributed by atoms with Crippen molar-refractivity contribution in [3.63, 3.8) is 0 Å². The average molecular weight is 430 g/mol. The Morgan fingerprint density at radius 2 is 1.84 bits per heavy atom. The Balaban J connectivity index is 1.95. The molecule has 5 unspecified atom stereocenters. The summed E-state index contributed by atoms with van der Waals surface area (Å²) >= 11 is 0. The highest BCUT2D eigenvalue weighted by atomic mass is 16.5. The molecule has 2 fully saturated rings. The van der Waals surface area contributed by atoms with Crippen LogP contribution in [0.2, 0.25) is 0 Å². The number of nitrogens with one attached hydrogen (secondary N) is 2. The molecule has 0 bridgehead atoms. The largest absolute Gasteiger partial charge is 0.456 e. The van der Waals surface area contributed by atoms with E-state index in [2.05, 4.69) is 38.3 Å². The average Bonchev–Trinajstić information content (AvgIpc) is 2.96. The van der Waals surface area contributed by atoms with Crippen LogP contribution in [-0.2, 0) is 14.3 Å². The number of ether oxygens (including phenoxy) is 1. The van der Waals surface area contributed by atoms with Gasteiger partial charge in [0, 0.05) is 23.9 Å². The number of hydrogen-bond donors (Lipinski definition) is 2. The molecule has 2 aliphatic rings. The zero-order valence-corrected chi connectivity index (χ0v) is 19.5. The van der Waals surface area contributed by atoms with Crippen molar-refractivity contribution in [2.24, 2.45) is 5.92 Å². The number of urea groups is 1. The molecule has 0 aliphatic carbocycles. The molecule has 1 aromatic rings. The molecule has 31 heavy (non-hydrogen) atoms. The summed E-state index contributed by atoms with van der Waals surface area (Å²) in [5.74, 6) is -0.808. The lowest BCUT2D eigenvalue weighted by atomic mass is 9.61. The molecule has 7 heteroatoms. The van der Waals surface area contributed by atoms with Crippen LogP contribution in [0.1, 0.15) is 72.5 Å². The lowest BCUT2D eigenvalue weighted by Crippen LogP contribution is -2.74. The third-order valence-corrected chi connectivity index (χ3v) is 7.50. The maximum absolute atomic E-state index is 13.8. The van der Waals surface area contributed by atoms with Crippen LogP contribution < -0.4 is 10.6 Å². The number of carbonyl (C=O) groups excluding carboxylic acids is 3. The molecule has 2 N–H and O–H groups in total. The van der Waals surface area contributed by atoms with Gasteiger partial charge in [0.05, 0.1) is 6.54 Å². The van der Waals surface area contributed by atoms with Crippen molar-refractivity contribution in [2.75, 3.05) is 6.54 Å². The van der Waals surface area contributed by atoms with Crippen molar-refractivity contribution in [3.8, 4) is 0 Å². The third-order valence-electron chi connectivity index (χ3n) is 7.50. The molecule has 2 heterocycles. The summed E-state index contributed by atoms with van der Waals surface area (Å²) in [6.07, 6.45) is 1.46. The Hall–Kier alpha value is -2.41. The topological polar surface area (TPSA) is 87.7 Å². The quantitative estimate of drug-likeness (QED) is 0.533. The van der Waals surface area contributed by atoms with Crippen LogP contribution in [0.4, 0.5) is 4.79 Å². The summed E-state index contributed by atoms with van der Waals surface area (Å²) in [6, 6.07) is 8.78. The molecular weight excluding hydrogens is 394 g/mol. The number of rotatable bonds is 6. The molecule has 1 aromatic carbocycles. The zero-order valence-electron chi connectivity index (χ0n) is 19.5. The van der Waals surface area contributed by atoms with Crippen molar-refractivity contribution in [1.82, 2.24) is 15.5 Å². The minimum absolute atomic E-state index is 0.0121. The van der Waals surface area contributed by atoms with Gasteiger partial charge in [0.25, 0.3) is 5.91 Å². The first-order chi connectivity index (χ1) is 14.5. The smallest absolute Gasteiger partial charge is 0.325 e. The fourth-order valence-corrected chi connectivity index (χ4v) is 5.23. The molecule has 0 aromatic heterocycles. The molecular formula is C24H35N3O4. The maximum atomic E-state index is 13.8. The highest BCUT2D eigenvalue weighted by Crippen LogP contribution is 2.46. The van der Waals surface area contributed by atoms with Gasteiger partial charge in [0.15, 0.2) is 0 Å². The Morgan fingerprint density at radius 3 is 2.39 bits per heavy atom. The number of imide groups is 1. The van der Waals surface area contributed by atoms with E-state index in [-0.39, 0.29) is 29.4 Å². The van der Waals surface area contributed by atoms with E-state index in [0.717, 1.165) is 18.4 Å². The fourth-order valence-electron chi connectivity index (χ4n) is 5.23. The lowest BCUT2D eigenvalue weighted by Gasteiger charge is -2.56. The number of carbonyl (C=O) groups is 3. The van der Waals surface area contributed by atoms with Crippen LogP contribution in [0.25, 0.3) is 0 Å². The lowest BCUT2D eigenvalue weighted by molar-refractivity contribution is -0.150. The van der Waals surface area contributed by atoms with E-state index < -0.39 is 23.6 Å². The molecule has 3 rings (SSSR count). The molecule has 2 aliphatic heterocycles. The van der Waals surface area contributed by atoms with Gasteiger partial charge < -0.3 is 15.4 Å². The summed E-state index contributed by atoms with van der Waals surface area (Å²) in [7, 11) is 0. The van der Waals surface area contributed by atoms with Crippen molar-refractivity contribution < 1.29 is 19.1 Å². The first kappa shape index (κ1) is 23.3. The van der Waals surface area contributed by atoms with Crippen LogP contribution in [0.5, 0.6) is 0 Å². The van der Waals surface area contributed by atoms with Crippen molar-refractivity contribution >= 4 is 17.9 Å². The van der Waals surface area contributed by atoms with Gasteiger partial charge in [-0.15, -0.1) is 0 Å². The molecule has 0 saturated carbocycles. The summed E-state index contributed by atoms with van der Waals surface area (Å²) in [5.41, 5.74) is -0.842. The predicted octanol–water partition coefficient (Wildman–Crippen LogP) is 3.55. The van der Waals surface area contributed by atoms with E-state index in [1.54, 1.807) is 0 Å². The van der Waals surface area contributed by atoms with E-state index in [0.29, 0.717) is 6.42 Å². The van der Waals surface area contributed by atoms with E-state index in [1.807, 2.05) is 37.3 Å². The number of amides is 3. The number of esters is 1. The molecule has 7 nitrogen and oxygen atoms in total. The first-order valence-electron chi connectivity index (χ1n) is 11.2. The van der Waals surface area contributed by atoms with E-state index in [1.165, 1.54) is 11.8 Å². The number of piperidine rings is 1. The van der Waals surface area contributed by atoms with Crippen LogP contribution >= 0.6 is 0 Å². The Kier molecular flexibility index (Phi) is 6.20. The summed E-state index contributed by atoms with van der Waals surface area (Å²) < 4.78 is 5.50. The van der Waals surface area contributed by atoms with Gasteiger partial charge in [0.1, 0.15) is 11.6 Å². The second-order valence-corrected chi connectivity index (χ2v) is 9.53. The number of benzene rings is 1.